The van der Waals surface area contributed by atoms with Crippen LogP contribution in [-0.2, 0) is 6.42 Å². The van der Waals surface area contributed by atoms with E-state index in [0.717, 1.165) is 31.5 Å². The van der Waals surface area contributed by atoms with Gasteiger partial charge in [-0.2, -0.15) is 0 Å². The summed E-state index contributed by atoms with van der Waals surface area (Å²) in [4.78, 5) is 23.0. The van der Waals surface area contributed by atoms with Crippen LogP contribution in [0.5, 0.6) is 0 Å². The number of carbonyl (C=O) groups excluding carboxylic acids is 1. The highest BCUT2D eigenvalue weighted by Crippen LogP contribution is 2.19. The minimum absolute atomic E-state index is 0.222. The first kappa shape index (κ1) is 17.0. The number of nitrogens with one attached hydrogen (secondary N) is 1. The molecule has 3 rings (SSSR count). The van der Waals surface area contributed by atoms with Crippen LogP contribution in [0.4, 0.5) is 5.95 Å². The maximum Gasteiger partial charge on any atom is 0.271 e. The third-order valence-corrected chi connectivity index (χ3v) is 4.44. The number of aromatic nitrogens is 2. The summed E-state index contributed by atoms with van der Waals surface area (Å²) < 4.78 is 0. The molecule has 126 valence electrons. The van der Waals surface area contributed by atoms with E-state index in [1.54, 1.807) is 0 Å². The molecule has 1 amide bonds. The Labute approximate surface area is 151 Å². The zero-order valence-corrected chi connectivity index (χ0v) is 14.6. The topological polar surface area (TPSA) is 58.1 Å². The van der Waals surface area contributed by atoms with Crippen LogP contribution in [0.2, 0.25) is 10.0 Å². The Hall–Kier alpha value is -1.85. The van der Waals surface area contributed by atoms with E-state index in [0.29, 0.717) is 23.9 Å². The number of rotatable bonds is 5. The van der Waals surface area contributed by atoms with E-state index < -0.39 is 0 Å². The van der Waals surface area contributed by atoms with Crippen molar-refractivity contribution in [1.29, 1.82) is 0 Å². The van der Waals surface area contributed by atoms with Crippen molar-refractivity contribution >= 4 is 35.1 Å². The van der Waals surface area contributed by atoms with E-state index in [9.17, 15) is 4.79 Å². The third-order valence-electron chi connectivity index (χ3n) is 3.92. The molecule has 1 N–H and O–H groups in total. The van der Waals surface area contributed by atoms with Gasteiger partial charge in [0.05, 0.1) is 11.2 Å². The summed E-state index contributed by atoms with van der Waals surface area (Å²) in [5, 5.41) is 3.80. The Morgan fingerprint density at radius 3 is 2.79 bits per heavy atom. The molecule has 24 heavy (non-hydrogen) atoms. The van der Waals surface area contributed by atoms with Crippen LogP contribution < -0.4 is 10.2 Å². The predicted molar refractivity (Wildman–Crippen MR) is 96.0 cm³/mol. The molecule has 2 heterocycles. The van der Waals surface area contributed by atoms with Crippen LogP contribution in [-0.4, -0.2) is 35.5 Å². The van der Waals surface area contributed by atoms with Crippen molar-refractivity contribution in [2.45, 2.75) is 19.3 Å². The lowest BCUT2D eigenvalue weighted by Gasteiger charge is -2.16. The molecule has 0 saturated carbocycles. The van der Waals surface area contributed by atoms with Gasteiger partial charge in [-0.3, -0.25) is 4.79 Å². The maximum atomic E-state index is 12.4. The molecule has 0 unspecified atom stereocenters. The van der Waals surface area contributed by atoms with Crippen LogP contribution in [0.3, 0.4) is 0 Å². The summed E-state index contributed by atoms with van der Waals surface area (Å²) in [6.45, 7) is 2.31. The van der Waals surface area contributed by atoms with E-state index in [-0.39, 0.29) is 16.6 Å². The molecule has 0 radical (unpaired) electrons. The van der Waals surface area contributed by atoms with Crippen molar-refractivity contribution in [3.05, 3.63) is 51.8 Å². The highest BCUT2D eigenvalue weighted by atomic mass is 35.5. The molecule has 1 fully saturated rings. The minimum Gasteiger partial charge on any atom is -0.350 e. The number of nitrogens with zero attached hydrogens (tertiary/aromatic N) is 3. The van der Waals surface area contributed by atoms with Crippen LogP contribution in [0, 0.1) is 0 Å². The van der Waals surface area contributed by atoms with Gasteiger partial charge in [-0.05, 0) is 37.0 Å². The predicted octanol–water partition coefficient (Wildman–Crippen LogP) is 3.36. The summed E-state index contributed by atoms with van der Waals surface area (Å²) >= 11 is 12.0. The van der Waals surface area contributed by atoms with E-state index >= 15 is 0 Å². The molecule has 2 aromatic rings. The Balaban J connectivity index is 1.62. The van der Waals surface area contributed by atoms with Crippen LogP contribution in [0.1, 0.15) is 28.9 Å². The van der Waals surface area contributed by atoms with Crippen molar-refractivity contribution in [1.82, 2.24) is 15.3 Å². The Bertz CT molecular complexity index is 732. The Morgan fingerprint density at radius 1 is 1.25 bits per heavy atom. The van der Waals surface area contributed by atoms with Gasteiger partial charge in [0.15, 0.2) is 5.69 Å². The Kier molecular flexibility index (Phi) is 5.53. The average molecular weight is 365 g/mol. The standard InChI is InChI=1S/C17H18Cl2N4O/c18-13-5-3-4-12(10-13)6-7-20-16(24)15-14(19)11-21-17(22-15)23-8-1-2-9-23/h3-5,10-11H,1-2,6-9H2,(H,20,24). The quantitative estimate of drug-likeness (QED) is 0.883. The molecule has 0 spiro atoms. The number of halogens is 2. The molecule has 0 bridgehead atoms. The molecule has 1 aromatic heterocycles. The van der Waals surface area contributed by atoms with Gasteiger partial charge in [0, 0.05) is 24.7 Å². The minimum atomic E-state index is -0.287. The normalized spacial score (nSPS) is 14.0. The number of hydrogen-bond donors (Lipinski definition) is 1. The van der Waals surface area contributed by atoms with Gasteiger partial charge in [-0.15, -0.1) is 0 Å². The van der Waals surface area contributed by atoms with E-state index in [1.807, 2.05) is 24.3 Å². The van der Waals surface area contributed by atoms with Gasteiger partial charge in [0.2, 0.25) is 5.95 Å². The first-order chi connectivity index (χ1) is 11.6. The second-order valence-corrected chi connectivity index (χ2v) is 6.54. The zero-order chi connectivity index (χ0) is 16.9. The second kappa shape index (κ2) is 7.81. The molecular formula is C17H18Cl2N4O. The highest BCUT2D eigenvalue weighted by Gasteiger charge is 2.19. The fourth-order valence-corrected chi connectivity index (χ4v) is 3.07. The number of benzene rings is 1. The third kappa shape index (κ3) is 4.16. The number of anilines is 1. The van der Waals surface area contributed by atoms with Gasteiger partial charge < -0.3 is 10.2 Å². The average Bonchev–Trinajstić information content (AvgIpc) is 3.10. The van der Waals surface area contributed by atoms with Crippen LogP contribution in [0.15, 0.2) is 30.5 Å². The maximum absolute atomic E-state index is 12.4. The van der Waals surface area contributed by atoms with Crippen molar-refractivity contribution in [3.63, 3.8) is 0 Å². The largest absolute Gasteiger partial charge is 0.350 e. The van der Waals surface area contributed by atoms with Crippen molar-refractivity contribution < 1.29 is 4.79 Å². The first-order valence-electron chi connectivity index (χ1n) is 7.93. The lowest BCUT2D eigenvalue weighted by Crippen LogP contribution is -2.28. The fraction of sp³-hybridized carbons (Fsp3) is 0.353. The molecule has 1 saturated heterocycles. The van der Waals surface area contributed by atoms with Gasteiger partial charge in [-0.1, -0.05) is 35.3 Å². The SMILES string of the molecule is O=C(NCCc1cccc(Cl)c1)c1nc(N2CCCC2)ncc1Cl. The lowest BCUT2D eigenvalue weighted by molar-refractivity contribution is 0.0949. The molecular weight excluding hydrogens is 347 g/mol. The van der Waals surface area contributed by atoms with Crippen LogP contribution in [0.25, 0.3) is 0 Å². The van der Waals surface area contributed by atoms with E-state index in [1.165, 1.54) is 6.20 Å². The molecule has 1 aliphatic rings. The van der Waals surface area contributed by atoms with Crippen molar-refractivity contribution in [2.75, 3.05) is 24.5 Å². The smallest absolute Gasteiger partial charge is 0.271 e. The van der Waals surface area contributed by atoms with E-state index in [2.05, 4.69) is 20.2 Å². The molecule has 7 heteroatoms. The Morgan fingerprint density at radius 2 is 2.04 bits per heavy atom. The molecule has 1 aliphatic heterocycles. The summed E-state index contributed by atoms with van der Waals surface area (Å²) in [5.74, 6) is 0.279. The summed E-state index contributed by atoms with van der Waals surface area (Å²) in [5.41, 5.74) is 1.29. The van der Waals surface area contributed by atoms with Gasteiger partial charge in [-0.25, -0.2) is 9.97 Å². The molecule has 1 aromatic carbocycles. The zero-order valence-electron chi connectivity index (χ0n) is 13.1. The molecule has 0 atom stereocenters. The second-order valence-electron chi connectivity index (χ2n) is 5.70. The summed E-state index contributed by atoms with van der Waals surface area (Å²) in [7, 11) is 0. The summed E-state index contributed by atoms with van der Waals surface area (Å²) in [6, 6.07) is 7.57. The number of hydrogen-bond acceptors (Lipinski definition) is 4. The highest BCUT2D eigenvalue weighted by molar-refractivity contribution is 6.33. The first-order valence-corrected chi connectivity index (χ1v) is 8.69. The van der Waals surface area contributed by atoms with Gasteiger partial charge >= 0.3 is 0 Å². The van der Waals surface area contributed by atoms with Gasteiger partial charge in [0.25, 0.3) is 5.91 Å². The van der Waals surface area contributed by atoms with Crippen molar-refractivity contribution in [2.24, 2.45) is 0 Å². The number of amides is 1. The lowest BCUT2D eigenvalue weighted by atomic mass is 10.1. The monoisotopic (exact) mass is 364 g/mol. The molecule has 0 aliphatic carbocycles. The van der Waals surface area contributed by atoms with Crippen molar-refractivity contribution in [3.8, 4) is 0 Å². The molecule has 5 nitrogen and oxygen atoms in total. The summed E-state index contributed by atoms with van der Waals surface area (Å²) in [6.07, 6.45) is 4.42. The fourth-order valence-electron chi connectivity index (χ4n) is 2.68. The number of carbonyl (C=O) groups is 1. The van der Waals surface area contributed by atoms with E-state index in [4.69, 9.17) is 23.2 Å². The van der Waals surface area contributed by atoms with Crippen LogP contribution >= 0.6 is 23.2 Å². The van der Waals surface area contributed by atoms with Gasteiger partial charge in [0.1, 0.15) is 0 Å².